The summed E-state index contributed by atoms with van der Waals surface area (Å²) in [5, 5.41) is 3.01. The summed E-state index contributed by atoms with van der Waals surface area (Å²) in [5.74, 6) is 0.533. The lowest BCUT2D eigenvalue weighted by Gasteiger charge is -2.35. The third-order valence-electron chi connectivity index (χ3n) is 5.50. The molecule has 5 nitrogen and oxygen atoms in total. The van der Waals surface area contributed by atoms with E-state index < -0.39 is 10.0 Å². The van der Waals surface area contributed by atoms with Crippen LogP contribution in [0.15, 0.2) is 0 Å². The highest BCUT2D eigenvalue weighted by molar-refractivity contribution is 7.89. The van der Waals surface area contributed by atoms with Gasteiger partial charge in [0.05, 0.1) is 5.75 Å². The molecule has 2 N–H and O–H groups in total. The maximum Gasteiger partial charge on any atom is 0.221 e. The molecule has 3 rings (SSSR count). The molecule has 0 aromatic rings. The van der Waals surface area contributed by atoms with Crippen LogP contribution >= 0.6 is 0 Å². The van der Waals surface area contributed by atoms with Gasteiger partial charge in [-0.1, -0.05) is 19.3 Å². The number of rotatable bonds is 7. The largest absolute Gasteiger partial charge is 0.353 e. The molecule has 3 saturated carbocycles. The van der Waals surface area contributed by atoms with Crippen LogP contribution in [0.25, 0.3) is 0 Å². The molecular formula is C16H28N2O3S. The SMILES string of the molecule is O=C(CCNS(=O)(=O)CC1CC2(CC2)C1)NC1CCCCC1. The lowest BCUT2D eigenvalue weighted by molar-refractivity contribution is -0.121. The van der Waals surface area contributed by atoms with E-state index in [9.17, 15) is 13.2 Å². The Labute approximate surface area is 133 Å². The van der Waals surface area contributed by atoms with E-state index in [-0.39, 0.29) is 24.6 Å². The lowest BCUT2D eigenvalue weighted by atomic mass is 9.73. The zero-order chi connectivity index (χ0) is 15.6. The number of hydrogen-bond acceptors (Lipinski definition) is 3. The average molecular weight is 328 g/mol. The Bertz CT molecular complexity index is 499. The predicted octanol–water partition coefficient (Wildman–Crippen LogP) is 1.93. The number of carbonyl (C=O) groups excluding carboxylic acids is 1. The van der Waals surface area contributed by atoms with Crippen molar-refractivity contribution < 1.29 is 13.2 Å². The van der Waals surface area contributed by atoms with Gasteiger partial charge in [0, 0.05) is 19.0 Å². The highest BCUT2D eigenvalue weighted by atomic mass is 32.2. The van der Waals surface area contributed by atoms with E-state index in [2.05, 4.69) is 10.0 Å². The van der Waals surface area contributed by atoms with Crippen molar-refractivity contribution in [3.63, 3.8) is 0 Å². The van der Waals surface area contributed by atoms with Crippen LogP contribution in [0.5, 0.6) is 0 Å². The van der Waals surface area contributed by atoms with Crippen molar-refractivity contribution in [3.05, 3.63) is 0 Å². The second-order valence-electron chi connectivity index (χ2n) is 7.60. The van der Waals surface area contributed by atoms with Crippen LogP contribution in [0.4, 0.5) is 0 Å². The minimum atomic E-state index is -3.22. The van der Waals surface area contributed by atoms with Gasteiger partial charge in [-0.05, 0) is 49.9 Å². The molecule has 1 amide bonds. The van der Waals surface area contributed by atoms with Crippen LogP contribution in [-0.4, -0.2) is 32.7 Å². The average Bonchev–Trinajstić information content (AvgIpc) is 3.19. The number of sulfonamides is 1. The summed E-state index contributed by atoms with van der Waals surface area (Å²) in [6, 6.07) is 0.294. The first kappa shape index (κ1) is 16.2. The summed E-state index contributed by atoms with van der Waals surface area (Å²) in [7, 11) is -3.22. The summed E-state index contributed by atoms with van der Waals surface area (Å²) >= 11 is 0. The van der Waals surface area contributed by atoms with Crippen molar-refractivity contribution in [1.82, 2.24) is 10.0 Å². The third kappa shape index (κ3) is 4.44. The molecule has 0 aromatic heterocycles. The maximum absolute atomic E-state index is 12.0. The minimum absolute atomic E-state index is 0.0322. The van der Waals surface area contributed by atoms with E-state index in [0.29, 0.717) is 17.4 Å². The number of amides is 1. The van der Waals surface area contributed by atoms with Gasteiger partial charge >= 0.3 is 0 Å². The Morgan fingerprint density at radius 3 is 2.41 bits per heavy atom. The molecular weight excluding hydrogens is 300 g/mol. The Balaban J connectivity index is 1.30. The van der Waals surface area contributed by atoms with Gasteiger partial charge in [0.1, 0.15) is 0 Å². The number of carbonyl (C=O) groups is 1. The molecule has 22 heavy (non-hydrogen) atoms. The fourth-order valence-corrected chi connectivity index (χ4v) is 5.49. The van der Waals surface area contributed by atoms with Gasteiger partial charge in [0.2, 0.25) is 15.9 Å². The second-order valence-corrected chi connectivity index (χ2v) is 9.45. The van der Waals surface area contributed by atoms with Crippen LogP contribution in [0.2, 0.25) is 0 Å². The molecule has 1 spiro atoms. The maximum atomic E-state index is 12.0. The molecule has 3 aliphatic carbocycles. The standard InChI is InChI=1S/C16H28N2O3S/c19-15(18-14-4-2-1-3-5-14)6-9-17-22(20,21)12-13-10-16(11-13)7-8-16/h13-14,17H,1-12H2,(H,18,19). The summed E-state index contributed by atoms with van der Waals surface area (Å²) in [6.07, 6.45) is 10.7. The summed E-state index contributed by atoms with van der Waals surface area (Å²) in [6.45, 7) is 0.221. The Morgan fingerprint density at radius 1 is 1.09 bits per heavy atom. The van der Waals surface area contributed by atoms with Gasteiger partial charge in [-0.3, -0.25) is 4.79 Å². The molecule has 0 unspecified atom stereocenters. The Hall–Kier alpha value is -0.620. The third-order valence-corrected chi connectivity index (χ3v) is 7.05. The molecule has 126 valence electrons. The van der Waals surface area contributed by atoms with Crippen molar-refractivity contribution >= 4 is 15.9 Å². The van der Waals surface area contributed by atoms with E-state index in [1.165, 1.54) is 32.1 Å². The van der Waals surface area contributed by atoms with Crippen molar-refractivity contribution in [2.75, 3.05) is 12.3 Å². The normalized spacial score (nSPS) is 24.9. The van der Waals surface area contributed by atoms with Gasteiger partial charge in [-0.15, -0.1) is 0 Å². The number of hydrogen-bond donors (Lipinski definition) is 2. The molecule has 3 fully saturated rings. The van der Waals surface area contributed by atoms with Crippen LogP contribution in [0, 0.1) is 11.3 Å². The molecule has 6 heteroatoms. The summed E-state index contributed by atoms with van der Waals surface area (Å²) < 4.78 is 26.6. The fourth-order valence-electron chi connectivity index (χ4n) is 4.10. The highest BCUT2D eigenvalue weighted by Crippen LogP contribution is 2.63. The van der Waals surface area contributed by atoms with Crippen LogP contribution < -0.4 is 10.0 Å². The quantitative estimate of drug-likeness (QED) is 0.750. The van der Waals surface area contributed by atoms with Gasteiger partial charge in [-0.25, -0.2) is 13.1 Å². The van der Waals surface area contributed by atoms with Crippen molar-refractivity contribution in [1.29, 1.82) is 0 Å². The molecule has 3 aliphatic rings. The molecule has 0 bridgehead atoms. The van der Waals surface area contributed by atoms with Crippen molar-refractivity contribution in [2.24, 2.45) is 11.3 Å². The van der Waals surface area contributed by atoms with Gasteiger partial charge in [0.15, 0.2) is 0 Å². The van der Waals surface area contributed by atoms with Gasteiger partial charge in [-0.2, -0.15) is 0 Å². The molecule has 0 aliphatic heterocycles. The van der Waals surface area contributed by atoms with E-state index in [1.807, 2.05) is 0 Å². The fraction of sp³-hybridized carbons (Fsp3) is 0.938. The van der Waals surface area contributed by atoms with Crippen molar-refractivity contribution in [3.8, 4) is 0 Å². The monoisotopic (exact) mass is 328 g/mol. The Kier molecular flexibility index (Phi) is 4.78. The second kappa shape index (κ2) is 6.48. The summed E-state index contributed by atoms with van der Waals surface area (Å²) in [5.41, 5.74) is 0.542. The zero-order valence-electron chi connectivity index (χ0n) is 13.3. The van der Waals surface area contributed by atoms with Gasteiger partial charge < -0.3 is 5.32 Å². The number of nitrogens with one attached hydrogen (secondary N) is 2. The molecule has 0 heterocycles. The molecule has 0 radical (unpaired) electrons. The van der Waals surface area contributed by atoms with Crippen LogP contribution in [-0.2, 0) is 14.8 Å². The lowest BCUT2D eigenvalue weighted by Crippen LogP contribution is -2.40. The van der Waals surface area contributed by atoms with E-state index in [4.69, 9.17) is 0 Å². The zero-order valence-corrected chi connectivity index (χ0v) is 14.1. The van der Waals surface area contributed by atoms with Crippen LogP contribution in [0.3, 0.4) is 0 Å². The van der Waals surface area contributed by atoms with E-state index in [0.717, 1.165) is 25.7 Å². The smallest absolute Gasteiger partial charge is 0.221 e. The predicted molar refractivity (Wildman–Crippen MR) is 85.8 cm³/mol. The molecule has 0 atom stereocenters. The first-order valence-electron chi connectivity index (χ1n) is 8.73. The molecule has 0 saturated heterocycles. The van der Waals surface area contributed by atoms with E-state index >= 15 is 0 Å². The minimum Gasteiger partial charge on any atom is -0.353 e. The van der Waals surface area contributed by atoms with Crippen LogP contribution in [0.1, 0.15) is 64.2 Å². The van der Waals surface area contributed by atoms with E-state index in [1.54, 1.807) is 0 Å². The highest BCUT2D eigenvalue weighted by Gasteiger charge is 2.53. The first-order chi connectivity index (χ1) is 10.5. The molecule has 0 aromatic carbocycles. The topological polar surface area (TPSA) is 75.3 Å². The first-order valence-corrected chi connectivity index (χ1v) is 10.4. The van der Waals surface area contributed by atoms with Gasteiger partial charge in [0.25, 0.3) is 0 Å². The summed E-state index contributed by atoms with van der Waals surface area (Å²) in [4.78, 5) is 11.8. The van der Waals surface area contributed by atoms with Crippen molar-refractivity contribution in [2.45, 2.75) is 70.3 Å². The Morgan fingerprint density at radius 2 is 1.77 bits per heavy atom.